The third-order valence-corrected chi connectivity index (χ3v) is 2.59. The van der Waals surface area contributed by atoms with Gasteiger partial charge in [0.05, 0.1) is 11.4 Å². The van der Waals surface area contributed by atoms with Crippen LogP contribution in [0.2, 0.25) is 0 Å². The van der Waals surface area contributed by atoms with Crippen LogP contribution in [0.15, 0.2) is 48.5 Å². The van der Waals surface area contributed by atoms with Crippen LogP contribution in [0, 0.1) is 5.82 Å². The van der Waals surface area contributed by atoms with Gasteiger partial charge in [0.2, 0.25) is 5.91 Å². The number of rotatable bonds is 3. The number of carbonyl (C=O) groups is 2. The van der Waals surface area contributed by atoms with E-state index in [4.69, 9.17) is 0 Å². The minimum absolute atomic E-state index is 0.228. The highest BCUT2D eigenvalue weighted by Gasteiger charge is 2.09. The van der Waals surface area contributed by atoms with Crippen molar-refractivity contribution in [2.45, 2.75) is 6.92 Å². The third kappa shape index (κ3) is 3.41. The molecule has 0 aliphatic heterocycles. The fourth-order valence-electron chi connectivity index (χ4n) is 1.69. The molecular formula is C15H13FN2O2. The molecule has 5 heteroatoms. The predicted octanol–water partition coefficient (Wildman–Crippen LogP) is 3.04. The van der Waals surface area contributed by atoms with Gasteiger partial charge in [-0.15, -0.1) is 0 Å². The molecule has 0 saturated carbocycles. The third-order valence-electron chi connectivity index (χ3n) is 2.59. The molecule has 2 rings (SSSR count). The highest BCUT2D eigenvalue weighted by molar-refractivity contribution is 6.07. The molecule has 2 N–H and O–H groups in total. The number of halogens is 1. The maximum Gasteiger partial charge on any atom is 0.255 e. The van der Waals surface area contributed by atoms with Crippen molar-refractivity contribution in [3.8, 4) is 0 Å². The number of anilines is 2. The van der Waals surface area contributed by atoms with Gasteiger partial charge in [0.1, 0.15) is 5.82 Å². The van der Waals surface area contributed by atoms with E-state index in [-0.39, 0.29) is 11.8 Å². The second kappa shape index (κ2) is 5.97. The molecule has 0 spiro atoms. The van der Waals surface area contributed by atoms with Crippen LogP contribution in [-0.2, 0) is 4.79 Å². The topological polar surface area (TPSA) is 58.2 Å². The highest BCUT2D eigenvalue weighted by atomic mass is 19.1. The van der Waals surface area contributed by atoms with Gasteiger partial charge in [0.15, 0.2) is 0 Å². The summed E-state index contributed by atoms with van der Waals surface area (Å²) in [4.78, 5) is 23.1. The van der Waals surface area contributed by atoms with Gasteiger partial charge >= 0.3 is 0 Å². The number of benzene rings is 2. The van der Waals surface area contributed by atoms with Crippen molar-refractivity contribution in [1.29, 1.82) is 0 Å². The molecule has 0 saturated heterocycles. The minimum atomic E-state index is -0.403. The van der Waals surface area contributed by atoms with Gasteiger partial charge in [0.25, 0.3) is 5.91 Å². The fraction of sp³-hybridized carbons (Fsp3) is 0.0667. The van der Waals surface area contributed by atoms with Crippen LogP contribution in [0.4, 0.5) is 15.8 Å². The van der Waals surface area contributed by atoms with Gasteiger partial charge in [-0.25, -0.2) is 4.39 Å². The SMILES string of the molecule is CC(=O)Nc1ccccc1NC(=O)c1ccc(F)cc1. The summed E-state index contributed by atoms with van der Waals surface area (Å²) in [5, 5.41) is 5.30. The Morgan fingerprint density at radius 2 is 1.45 bits per heavy atom. The first-order valence-corrected chi connectivity index (χ1v) is 6.00. The predicted molar refractivity (Wildman–Crippen MR) is 75.1 cm³/mol. The first-order valence-electron chi connectivity index (χ1n) is 6.00. The first-order chi connectivity index (χ1) is 9.56. The summed E-state index contributed by atoms with van der Waals surface area (Å²) >= 11 is 0. The maximum absolute atomic E-state index is 12.8. The average molecular weight is 272 g/mol. The molecule has 0 aromatic heterocycles. The highest BCUT2D eigenvalue weighted by Crippen LogP contribution is 2.21. The number of hydrogen-bond donors (Lipinski definition) is 2. The minimum Gasteiger partial charge on any atom is -0.325 e. The van der Waals surface area contributed by atoms with Gasteiger partial charge in [0, 0.05) is 12.5 Å². The molecule has 0 unspecified atom stereocenters. The molecule has 2 amide bonds. The monoisotopic (exact) mass is 272 g/mol. The lowest BCUT2D eigenvalue weighted by Gasteiger charge is -2.11. The van der Waals surface area contributed by atoms with E-state index in [9.17, 15) is 14.0 Å². The van der Waals surface area contributed by atoms with E-state index in [1.54, 1.807) is 24.3 Å². The van der Waals surface area contributed by atoms with Crippen LogP contribution in [0.3, 0.4) is 0 Å². The molecule has 0 aliphatic carbocycles. The largest absolute Gasteiger partial charge is 0.325 e. The Balaban J connectivity index is 2.19. The smallest absolute Gasteiger partial charge is 0.255 e. The first kappa shape index (κ1) is 13.7. The van der Waals surface area contributed by atoms with Crippen LogP contribution in [0.25, 0.3) is 0 Å². The van der Waals surface area contributed by atoms with E-state index in [0.29, 0.717) is 16.9 Å². The quantitative estimate of drug-likeness (QED) is 0.902. The molecule has 4 nitrogen and oxygen atoms in total. The number of para-hydroxylation sites is 2. The van der Waals surface area contributed by atoms with Gasteiger partial charge < -0.3 is 10.6 Å². The average Bonchev–Trinajstić information content (AvgIpc) is 2.41. The van der Waals surface area contributed by atoms with E-state index in [1.165, 1.54) is 31.2 Å². The number of amides is 2. The molecule has 0 fully saturated rings. The lowest BCUT2D eigenvalue weighted by molar-refractivity contribution is -0.114. The Morgan fingerprint density at radius 3 is 2.00 bits per heavy atom. The van der Waals surface area contributed by atoms with E-state index < -0.39 is 5.82 Å². The normalized spacial score (nSPS) is 9.90. The summed E-state index contributed by atoms with van der Waals surface area (Å²) in [5.74, 6) is -1.00. The fourth-order valence-corrected chi connectivity index (χ4v) is 1.69. The van der Waals surface area contributed by atoms with Crippen molar-refractivity contribution < 1.29 is 14.0 Å². The van der Waals surface area contributed by atoms with Gasteiger partial charge in [-0.05, 0) is 36.4 Å². The molecule has 102 valence electrons. The van der Waals surface area contributed by atoms with Gasteiger partial charge in [-0.2, -0.15) is 0 Å². The molecule has 0 bridgehead atoms. The zero-order valence-electron chi connectivity index (χ0n) is 10.8. The second-order valence-electron chi connectivity index (χ2n) is 4.19. The zero-order valence-corrected chi connectivity index (χ0v) is 10.8. The summed E-state index contributed by atoms with van der Waals surface area (Å²) in [7, 11) is 0. The molecule has 0 atom stereocenters. The maximum atomic E-state index is 12.8. The van der Waals surface area contributed by atoms with E-state index in [1.807, 2.05) is 0 Å². The number of carbonyl (C=O) groups excluding carboxylic acids is 2. The van der Waals surface area contributed by atoms with Crippen LogP contribution >= 0.6 is 0 Å². The molecular weight excluding hydrogens is 259 g/mol. The lowest BCUT2D eigenvalue weighted by atomic mass is 10.2. The summed E-state index contributed by atoms with van der Waals surface area (Å²) < 4.78 is 12.8. The lowest BCUT2D eigenvalue weighted by Crippen LogP contribution is -2.15. The summed E-state index contributed by atoms with van der Waals surface area (Å²) in [6, 6.07) is 12.1. The standard InChI is InChI=1S/C15H13FN2O2/c1-10(19)17-13-4-2-3-5-14(13)18-15(20)11-6-8-12(16)9-7-11/h2-9H,1H3,(H,17,19)(H,18,20). The van der Waals surface area contributed by atoms with Crippen molar-refractivity contribution in [3.63, 3.8) is 0 Å². The Bertz CT molecular complexity index is 639. The Kier molecular flexibility index (Phi) is 4.10. The van der Waals surface area contributed by atoms with Crippen LogP contribution in [0.1, 0.15) is 17.3 Å². The van der Waals surface area contributed by atoms with Gasteiger partial charge in [-0.1, -0.05) is 12.1 Å². The number of hydrogen-bond acceptors (Lipinski definition) is 2. The molecule has 2 aromatic rings. The van der Waals surface area contributed by atoms with E-state index in [0.717, 1.165) is 0 Å². The van der Waals surface area contributed by atoms with Crippen molar-refractivity contribution in [2.75, 3.05) is 10.6 Å². The molecule has 2 aromatic carbocycles. The Hall–Kier alpha value is -2.69. The Morgan fingerprint density at radius 1 is 0.900 bits per heavy atom. The van der Waals surface area contributed by atoms with Crippen LogP contribution < -0.4 is 10.6 Å². The van der Waals surface area contributed by atoms with Crippen molar-refractivity contribution in [3.05, 3.63) is 59.9 Å². The van der Waals surface area contributed by atoms with E-state index >= 15 is 0 Å². The van der Waals surface area contributed by atoms with Crippen molar-refractivity contribution in [2.24, 2.45) is 0 Å². The molecule has 20 heavy (non-hydrogen) atoms. The summed E-state index contributed by atoms with van der Waals surface area (Å²) in [5.41, 5.74) is 1.33. The van der Waals surface area contributed by atoms with E-state index in [2.05, 4.69) is 10.6 Å². The number of nitrogens with one attached hydrogen (secondary N) is 2. The Labute approximate surface area is 115 Å². The van der Waals surface area contributed by atoms with Crippen molar-refractivity contribution in [1.82, 2.24) is 0 Å². The van der Waals surface area contributed by atoms with Gasteiger partial charge in [-0.3, -0.25) is 9.59 Å². The molecule has 0 aliphatic rings. The zero-order chi connectivity index (χ0) is 14.5. The molecule has 0 heterocycles. The summed E-state index contributed by atoms with van der Waals surface area (Å²) in [6.45, 7) is 1.39. The van der Waals surface area contributed by atoms with Crippen LogP contribution in [0.5, 0.6) is 0 Å². The van der Waals surface area contributed by atoms with Crippen molar-refractivity contribution >= 4 is 23.2 Å². The molecule has 0 radical (unpaired) electrons. The second-order valence-corrected chi connectivity index (χ2v) is 4.19. The summed E-state index contributed by atoms with van der Waals surface area (Å²) in [6.07, 6.45) is 0. The van der Waals surface area contributed by atoms with Crippen LogP contribution in [-0.4, -0.2) is 11.8 Å².